The van der Waals surface area contributed by atoms with Gasteiger partial charge >= 0.3 is 0 Å². The minimum Gasteiger partial charge on any atom is -0.324 e. The molecule has 0 heterocycles. The predicted molar refractivity (Wildman–Crippen MR) is 52.7 cm³/mol. The lowest BCUT2D eigenvalue weighted by Crippen LogP contribution is -2.20. The van der Waals surface area contributed by atoms with Crippen LogP contribution in [0.5, 0.6) is 0 Å². The zero-order valence-electron chi connectivity index (χ0n) is 8.43. The van der Waals surface area contributed by atoms with E-state index in [9.17, 15) is 8.78 Å². The van der Waals surface area contributed by atoms with Gasteiger partial charge < -0.3 is 5.73 Å². The van der Waals surface area contributed by atoms with Crippen molar-refractivity contribution in [3.8, 4) is 0 Å². The largest absolute Gasteiger partial charge is 0.324 e. The average molecular weight is 199 g/mol. The Morgan fingerprint density at radius 2 is 2.00 bits per heavy atom. The van der Waals surface area contributed by atoms with E-state index in [-0.39, 0.29) is 11.5 Å². The van der Waals surface area contributed by atoms with Crippen LogP contribution in [0.1, 0.15) is 31.9 Å². The molecule has 0 radical (unpaired) electrons. The molecule has 0 saturated carbocycles. The highest BCUT2D eigenvalue weighted by atomic mass is 19.1. The Balaban J connectivity index is 2.99. The third-order valence-electron chi connectivity index (χ3n) is 2.57. The molecule has 78 valence electrons. The molecule has 2 atom stereocenters. The molecule has 0 spiro atoms. The minimum absolute atomic E-state index is 0.145. The van der Waals surface area contributed by atoms with Crippen LogP contribution in [0, 0.1) is 17.6 Å². The fourth-order valence-corrected chi connectivity index (χ4v) is 1.33. The Labute approximate surface area is 82.9 Å². The molecule has 1 nitrogen and oxygen atoms in total. The van der Waals surface area contributed by atoms with E-state index in [4.69, 9.17) is 5.73 Å². The van der Waals surface area contributed by atoms with Gasteiger partial charge in [0.25, 0.3) is 0 Å². The van der Waals surface area contributed by atoms with Crippen molar-refractivity contribution in [2.45, 2.75) is 26.3 Å². The lowest BCUT2D eigenvalue weighted by molar-refractivity contribution is 0.436. The highest BCUT2D eigenvalue weighted by Crippen LogP contribution is 2.24. The zero-order valence-corrected chi connectivity index (χ0v) is 8.43. The molecule has 0 saturated heterocycles. The van der Waals surface area contributed by atoms with Gasteiger partial charge in [0, 0.05) is 11.6 Å². The highest BCUT2D eigenvalue weighted by Gasteiger charge is 2.17. The van der Waals surface area contributed by atoms with Gasteiger partial charge in [-0.2, -0.15) is 0 Å². The molecule has 0 aliphatic rings. The fraction of sp³-hybridized carbons (Fsp3) is 0.455. The van der Waals surface area contributed by atoms with Crippen LogP contribution in [-0.2, 0) is 0 Å². The van der Waals surface area contributed by atoms with E-state index in [1.807, 2.05) is 13.8 Å². The van der Waals surface area contributed by atoms with Crippen LogP contribution in [-0.4, -0.2) is 0 Å². The molecule has 2 N–H and O–H groups in total. The van der Waals surface area contributed by atoms with Gasteiger partial charge in [-0.15, -0.1) is 0 Å². The SMILES string of the molecule is CCC(C)[C@H](N)c1cc(F)ccc1F. The van der Waals surface area contributed by atoms with Crippen molar-refractivity contribution in [2.24, 2.45) is 11.7 Å². The normalized spacial score (nSPS) is 15.2. The van der Waals surface area contributed by atoms with Crippen molar-refractivity contribution in [2.75, 3.05) is 0 Å². The summed E-state index contributed by atoms with van der Waals surface area (Å²) in [5.74, 6) is -0.731. The maximum absolute atomic E-state index is 13.3. The first kappa shape index (κ1) is 11.1. The summed E-state index contributed by atoms with van der Waals surface area (Å²) >= 11 is 0. The lowest BCUT2D eigenvalue weighted by atomic mass is 9.93. The molecule has 1 aromatic rings. The Bertz CT molecular complexity index is 312. The first-order valence-electron chi connectivity index (χ1n) is 4.76. The van der Waals surface area contributed by atoms with Crippen molar-refractivity contribution in [3.05, 3.63) is 35.4 Å². The monoisotopic (exact) mass is 199 g/mol. The van der Waals surface area contributed by atoms with Crippen LogP contribution in [0.25, 0.3) is 0 Å². The Morgan fingerprint density at radius 1 is 1.36 bits per heavy atom. The number of hydrogen-bond acceptors (Lipinski definition) is 1. The number of halogens is 2. The number of hydrogen-bond donors (Lipinski definition) is 1. The molecule has 0 amide bonds. The van der Waals surface area contributed by atoms with Gasteiger partial charge in [-0.1, -0.05) is 20.3 Å². The predicted octanol–water partition coefficient (Wildman–Crippen LogP) is 3.01. The maximum atomic E-state index is 13.3. The van der Waals surface area contributed by atoms with E-state index in [1.54, 1.807) is 0 Å². The summed E-state index contributed by atoms with van der Waals surface area (Å²) in [5, 5.41) is 0. The van der Waals surface area contributed by atoms with Crippen LogP contribution in [0.2, 0.25) is 0 Å². The summed E-state index contributed by atoms with van der Waals surface area (Å²) in [7, 11) is 0. The molecular formula is C11H15F2N. The Morgan fingerprint density at radius 3 is 2.57 bits per heavy atom. The third-order valence-corrected chi connectivity index (χ3v) is 2.57. The van der Waals surface area contributed by atoms with Gasteiger partial charge in [0.1, 0.15) is 11.6 Å². The lowest BCUT2D eigenvalue weighted by Gasteiger charge is -2.19. The summed E-state index contributed by atoms with van der Waals surface area (Å²) < 4.78 is 26.1. The maximum Gasteiger partial charge on any atom is 0.128 e. The van der Waals surface area contributed by atoms with E-state index >= 15 is 0 Å². The molecule has 0 bridgehead atoms. The van der Waals surface area contributed by atoms with E-state index in [0.717, 1.165) is 18.6 Å². The first-order chi connectivity index (χ1) is 6.56. The average Bonchev–Trinajstić information content (AvgIpc) is 2.19. The van der Waals surface area contributed by atoms with Crippen LogP contribution in [0.15, 0.2) is 18.2 Å². The Hall–Kier alpha value is -0.960. The third kappa shape index (κ3) is 2.29. The topological polar surface area (TPSA) is 26.0 Å². The van der Waals surface area contributed by atoms with Gasteiger partial charge in [0.15, 0.2) is 0 Å². The summed E-state index contributed by atoms with van der Waals surface area (Å²) in [6, 6.07) is 2.96. The first-order valence-corrected chi connectivity index (χ1v) is 4.76. The summed E-state index contributed by atoms with van der Waals surface area (Å²) in [5.41, 5.74) is 6.08. The molecule has 0 fully saturated rings. The van der Waals surface area contributed by atoms with Crippen LogP contribution < -0.4 is 5.73 Å². The molecule has 0 aliphatic heterocycles. The molecule has 0 aliphatic carbocycles. The summed E-state index contributed by atoms with van der Waals surface area (Å²) in [6.07, 6.45) is 0.844. The molecule has 14 heavy (non-hydrogen) atoms. The number of benzene rings is 1. The molecule has 3 heteroatoms. The highest BCUT2D eigenvalue weighted by molar-refractivity contribution is 5.22. The second kappa shape index (κ2) is 4.51. The summed E-state index contributed by atoms with van der Waals surface area (Å²) in [4.78, 5) is 0. The molecule has 0 aromatic heterocycles. The van der Waals surface area contributed by atoms with Gasteiger partial charge in [-0.3, -0.25) is 0 Å². The standard InChI is InChI=1S/C11H15F2N/c1-3-7(2)11(14)9-6-8(12)4-5-10(9)13/h4-7,11H,3,14H2,1-2H3/t7?,11-/m0/s1. The Kier molecular flexibility index (Phi) is 3.58. The van der Waals surface area contributed by atoms with Crippen molar-refractivity contribution in [3.63, 3.8) is 0 Å². The number of nitrogens with two attached hydrogens (primary N) is 1. The van der Waals surface area contributed by atoms with E-state index in [1.165, 1.54) is 6.07 Å². The van der Waals surface area contributed by atoms with E-state index < -0.39 is 17.7 Å². The van der Waals surface area contributed by atoms with Crippen molar-refractivity contribution in [1.82, 2.24) is 0 Å². The van der Waals surface area contributed by atoms with Crippen molar-refractivity contribution >= 4 is 0 Å². The fourth-order valence-electron chi connectivity index (χ4n) is 1.33. The van der Waals surface area contributed by atoms with Gasteiger partial charge in [0.05, 0.1) is 0 Å². The molecular weight excluding hydrogens is 184 g/mol. The number of rotatable bonds is 3. The second-order valence-corrected chi connectivity index (χ2v) is 3.58. The van der Waals surface area contributed by atoms with E-state index in [0.29, 0.717) is 0 Å². The van der Waals surface area contributed by atoms with E-state index in [2.05, 4.69) is 0 Å². The van der Waals surface area contributed by atoms with Crippen molar-refractivity contribution < 1.29 is 8.78 Å². The quantitative estimate of drug-likeness (QED) is 0.795. The van der Waals surface area contributed by atoms with Crippen LogP contribution in [0.3, 0.4) is 0 Å². The van der Waals surface area contributed by atoms with Gasteiger partial charge in [-0.25, -0.2) is 8.78 Å². The van der Waals surface area contributed by atoms with Gasteiger partial charge in [-0.05, 0) is 24.1 Å². The van der Waals surface area contributed by atoms with Crippen LogP contribution >= 0.6 is 0 Å². The molecule has 1 aromatic carbocycles. The minimum atomic E-state index is -0.444. The molecule has 1 unspecified atom stereocenters. The van der Waals surface area contributed by atoms with Crippen LogP contribution in [0.4, 0.5) is 8.78 Å². The van der Waals surface area contributed by atoms with Crippen molar-refractivity contribution in [1.29, 1.82) is 0 Å². The second-order valence-electron chi connectivity index (χ2n) is 3.58. The molecule has 1 rings (SSSR count). The smallest absolute Gasteiger partial charge is 0.128 e. The summed E-state index contributed by atoms with van der Waals surface area (Å²) in [6.45, 7) is 3.90. The van der Waals surface area contributed by atoms with Gasteiger partial charge in [0.2, 0.25) is 0 Å². The zero-order chi connectivity index (χ0) is 10.7.